The quantitative estimate of drug-likeness (QED) is 0.533. The van der Waals surface area contributed by atoms with Crippen LogP contribution in [-0.2, 0) is 0 Å². The fraction of sp³-hybridized carbons (Fsp3) is 0.684. The molecular formula is C19H34N2. The number of unbranched alkanes of at least 4 members (excludes halogenated alkanes) is 5. The maximum Gasteiger partial charge on any atom is 0.0607 e. The highest BCUT2D eigenvalue weighted by molar-refractivity contribution is 5.73. The van der Waals surface area contributed by atoms with Gasteiger partial charge in [-0.3, -0.25) is 0 Å². The van der Waals surface area contributed by atoms with Crippen LogP contribution in [-0.4, -0.2) is 19.6 Å². The molecule has 0 radical (unpaired) electrons. The molecule has 1 aromatic rings. The lowest BCUT2D eigenvalue weighted by atomic mass is 10.1. The molecule has 1 aromatic carbocycles. The van der Waals surface area contributed by atoms with Crippen LogP contribution in [0.3, 0.4) is 0 Å². The third kappa shape index (κ3) is 5.99. The van der Waals surface area contributed by atoms with Crippen molar-refractivity contribution in [2.24, 2.45) is 0 Å². The molecule has 0 atom stereocenters. The normalized spacial score (nSPS) is 10.7. The summed E-state index contributed by atoms with van der Waals surface area (Å²) >= 11 is 0. The molecule has 0 heterocycles. The summed E-state index contributed by atoms with van der Waals surface area (Å²) in [5, 5.41) is 3.68. The van der Waals surface area contributed by atoms with Gasteiger partial charge in [-0.15, -0.1) is 0 Å². The van der Waals surface area contributed by atoms with E-state index in [0.717, 1.165) is 19.6 Å². The first kappa shape index (κ1) is 17.9. The highest BCUT2D eigenvalue weighted by atomic mass is 15.1. The topological polar surface area (TPSA) is 15.3 Å². The van der Waals surface area contributed by atoms with Gasteiger partial charge in [0.1, 0.15) is 0 Å². The summed E-state index contributed by atoms with van der Waals surface area (Å²) in [5.41, 5.74) is 4.03. The maximum absolute atomic E-state index is 3.68. The van der Waals surface area contributed by atoms with Crippen LogP contribution in [0.5, 0.6) is 0 Å². The van der Waals surface area contributed by atoms with E-state index in [-0.39, 0.29) is 0 Å². The first-order valence-corrected chi connectivity index (χ1v) is 8.82. The molecule has 0 fully saturated rings. The molecule has 120 valence electrons. The highest BCUT2D eigenvalue weighted by Crippen LogP contribution is 2.29. The van der Waals surface area contributed by atoms with E-state index in [1.54, 1.807) is 0 Å². The molecule has 1 rings (SSSR count). The fourth-order valence-electron chi connectivity index (χ4n) is 2.83. The number of nitrogens with one attached hydrogen (secondary N) is 1. The van der Waals surface area contributed by atoms with Gasteiger partial charge in [-0.1, -0.05) is 51.2 Å². The summed E-state index contributed by atoms with van der Waals surface area (Å²) in [6, 6.07) is 6.61. The van der Waals surface area contributed by atoms with Gasteiger partial charge in [0.15, 0.2) is 0 Å². The molecule has 0 aromatic heterocycles. The number of nitrogens with zero attached hydrogens (tertiary/aromatic N) is 1. The molecule has 0 aliphatic carbocycles. The molecule has 0 saturated heterocycles. The second-order valence-corrected chi connectivity index (χ2v) is 5.84. The van der Waals surface area contributed by atoms with Gasteiger partial charge >= 0.3 is 0 Å². The Morgan fingerprint density at radius 2 is 1.57 bits per heavy atom. The zero-order valence-electron chi connectivity index (χ0n) is 14.5. The number of rotatable bonds is 11. The summed E-state index contributed by atoms with van der Waals surface area (Å²) in [7, 11) is 0. The molecule has 1 N–H and O–H groups in total. The first-order valence-electron chi connectivity index (χ1n) is 8.82. The Kier molecular flexibility index (Phi) is 8.96. The van der Waals surface area contributed by atoms with Gasteiger partial charge < -0.3 is 10.2 Å². The number of para-hydroxylation sites is 1. The molecule has 0 spiro atoms. The lowest BCUT2D eigenvalue weighted by molar-refractivity contribution is 0.617. The molecule has 2 heteroatoms. The minimum atomic E-state index is 1.06. The first-order chi connectivity index (χ1) is 10.2. The Morgan fingerprint density at radius 3 is 2.24 bits per heavy atom. The fourth-order valence-corrected chi connectivity index (χ4v) is 2.83. The number of hydrogen-bond acceptors (Lipinski definition) is 2. The maximum atomic E-state index is 3.68. The van der Waals surface area contributed by atoms with Crippen LogP contribution in [0.4, 0.5) is 11.4 Å². The standard InChI is InChI=1S/C19H34N2/c1-5-8-9-10-11-12-16-20-19-17(4)14-13-15-18(19)21(6-2)7-3/h13-15,20H,5-12,16H2,1-4H3. The van der Waals surface area contributed by atoms with E-state index < -0.39 is 0 Å². The summed E-state index contributed by atoms with van der Waals surface area (Å²) in [6.07, 6.45) is 8.11. The van der Waals surface area contributed by atoms with E-state index in [1.807, 2.05) is 0 Å². The predicted molar refractivity (Wildman–Crippen MR) is 96.6 cm³/mol. The molecule has 0 aliphatic heterocycles. The van der Waals surface area contributed by atoms with Crippen LogP contribution in [0.15, 0.2) is 18.2 Å². The van der Waals surface area contributed by atoms with Crippen molar-refractivity contribution >= 4 is 11.4 Å². The minimum absolute atomic E-state index is 1.06. The second-order valence-electron chi connectivity index (χ2n) is 5.84. The molecule has 0 amide bonds. The SMILES string of the molecule is CCCCCCCCNc1c(C)cccc1N(CC)CC. The van der Waals surface area contributed by atoms with Crippen LogP contribution in [0, 0.1) is 6.92 Å². The van der Waals surface area contributed by atoms with Crippen molar-refractivity contribution in [1.29, 1.82) is 0 Å². The zero-order valence-corrected chi connectivity index (χ0v) is 14.5. The zero-order chi connectivity index (χ0) is 15.5. The Hall–Kier alpha value is -1.18. The van der Waals surface area contributed by atoms with Gasteiger partial charge in [0, 0.05) is 19.6 Å². The number of hydrogen-bond donors (Lipinski definition) is 1. The monoisotopic (exact) mass is 290 g/mol. The highest BCUT2D eigenvalue weighted by Gasteiger charge is 2.09. The molecule has 0 aliphatic rings. The Balaban J connectivity index is 2.50. The molecule has 0 bridgehead atoms. The third-order valence-electron chi connectivity index (χ3n) is 4.19. The van der Waals surface area contributed by atoms with E-state index in [2.05, 4.69) is 56.1 Å². The third-order valence-corrected chi connectivity index (χ3v) is 4.19. The van der Waals surface area contributed by atoms with Crippen molar-refractivity contribution in [2.75, 3.05) is 29.9 Å². The van der Waals surface area contributed by atoms with E-state index in [0.29, 0.717) is 0 Å². The molecule has 2 nitrogen and oxygen atoms in total. The molecule has 21 heavy (non-hydrogen) atoms. The average Bonchev–Trinajstić information content (AvgIpc) is 2.49. The van der Waals surface area contributed by atoms with E-state index in [1.165, 1.54) is 55.5 Å². The number of anilines is 2. The Morgan fingerprint density at radius 1 is 0.905 bits per heavy atom. The van der Waals surface area contributed by atoms with Gasteiger partial charge in [0.2, 0.25) is 0 Å². The van der Waals surface area contributed by atoms with E-state index >= 15 is 0 Å². The smallest absolute Gasteiger partial charge is 0.0607 e. The van der Waals surface area contributed by atoms with Crippen LogP contribution in [0.25, 0.3) is 0 Å². The van der Waals surface area contributed by atoms with E-state index in [4.69, 9.17) is 0 Å². The van der Waals surface area contributed by atoms with Crippen LogP contribution >= 0.6 is 0 Å². The van der Waals surface area contributed by atoms with Crippen LogP contribution < -0.4 is 10.2 Å². The summed E-state index contributed by atoms with van der Waals surface area (Å²) in [4.78, 5) is 2.43. The lowest BCUT2D eigenvalue weighted by Crippen LogP contribution is -2.23. The average molecular weight is 290 g/mol. The van der Waals surface area contributed by atoms with Crippen molar-refractivity contribution in [3.63, 3.8) is 0 Å². The number of aryl methyl sites for hydroxylation is 1. The predicted octanol–water partition coefficient (Wildman–Crippen LogP) is 5.61. The van der Waals surface area contributed by atoms with Gasteiger partial charge in [-0.05, 0) is 38.8 Å². The lowest BCUT2D eigenvalue weighted by Gasteiger charge is -2.25. The van der Waals surface area contributed by atoms with Gasteiger partial charge in [-0.25, -0.2) is 0 Å². The van der Waals surface area contributed by atoms with Crippen molar-refractivity contribution < 1.29 is 0 Å². The largest absolute Gasteiger partial charge is 0.383 e. The molecule has 0 saturated carbocycles. The second kappa shape index (κ2) is 10.5. The summed E-state index contributed by atoms with van der Waals surface area (Å²) < 4.78 is 0. The Labute approximate surface area is 131 Å². The van der Waals surface area contributed by atoms with Crippen LogP contribution in [0.2, 0.25) is 0 Å². The van der Waals surface area contributed by atoms with Gasteiger partial charge in [0.25, 0.3) is 0 Å². The van der Waals surface area contributed by atoms with Crippen molar-refractivity contribution in [3.05, 3.63) is 23.8 Å². The molecular weight excluding hydrogens is 256 g/mol. The minimum Gasteiger partial charge on any atom is -0.383 e. The van der Waals surface area contributed by atoms with Crippen molar-refractivity contribution in [3.8, 4) is 0 Å². The molecule has 0 unspecified atom stereocenters. The Bertz CT molecular complexity index is 383. The summed E-state index contributed by atoms with van der Waals surface area (Å²) in [6.45, 7) is 12.1. The summed E-state index contributed by atoms with van der Waals surface area (Å²) in [5.74, 6) is 0. The number of benzene rings is 1. The van der Waals surface area contributed by atoms with Crippen LogP contribution in [0.1, 0.15) is 64.9 Å². The van der Waals surface area contributed by atoms with Crippen molar-refractivity contribution in [2.45, 2.75) is 66.2 Å². The van der Waals surface area contributed by atoms with Gasteiger partial charge in [0.05, 0.1) is 11.4 Å². The van der Waals surface area contributed by atoms with Crippen molar-refractivity contribution in [1.82, 2.24) is 0 Å². The van der Waals surface area contributed by atoms with Gasteiger partial charge in [-0.2, -0.15) is 0 Å². The van der Waals surface area contributed by atoms with E-state index in [9.17, 15) is 0 Å².